The van der Waals surface area contributed by atoms with Crippen LogP contribution in [0.15, 0.2) is 65.0 Å². The molecule has 2 heterocycles. The summed E-state index contributed by atoms with van der Waals surface area (Å²) in [5.74, 6) is 0. The first-order valence-corrected chi connectivity index (χ1v) is 9.09. The molecule has 3 nitrogen and oxygen atoms in total. The molecule has 0 aliphatic heterocycles. The van der Waals surface area contributed by atoms with Crippen LogP contribution in [-0.2, 0) is 6.54 Å². The molecule has 4 aromatic rings. The summed E-state index contributed by atoms with van der Waals surface area (Å²) in [4.78, 5) is 18.4. The average Bonchev–Trinajstić information content (AvgIpc) is 3.05. The zero-order chi connectivity index (χ0) is 17.4. The van der Waals surface area contributed by atoms with Gasteiger partial charge in [-0.05, 0) is 30.5 Å². The van der Waals surface area contributed by atoms with E-state index in [0.717, 1.165) is 21.5 Å². The van der Waals surface area contributed by atoms with E-state index in [1.165, 1.54) is 22.5 Å². The van der Waals surface area contributed by atoms with Crippen LogP contribution in [0.3, 0.4) is 0 Å². The summed E-state index contributed by atoms with van der Waals surface area (Å²) in [6.07, 6.45) is 1.66. The van der Waals surface area contributed by atoms with Gasteiger partial charge >= 0.3 is 0 Å². The Morgan fingerprint density at radius 1 is 1.04 bits per heavy atom. The number of aryl methyl sites for hydroxylation is 2. The van der Waals surface area contributed by atoms with Crippen LogP contribution in [0.5, 0.6) is 0 Å². The summed E-state index contributed by atoms with van der Waals surface area (Å²) < 4.78 is 1.70. The van der Waals surface area contributed by atoms with E-state index in [-0.39, 0.29) is 5.56 Å². The number of aromatic nitrogens is 2. The molecule has 4 rings (SSSR count). The van der Waals surface area contributed by atoms with Gasteiger partial charge in [-0.3, -0.25) is 9.36 Å². The maximum Gasteiger partial charge on any atom is 0.263 e. The topological polar surface area (TPSA) is 34.9 Å². The largest absolute Gasteiger partial charge is 0.294 e. The van der Waals surface area contributed by atoms with Crippen molar-refractivity contribution in [1.29, 1.82) is 0 Å². The van der Waals surface area contributed by atoms with Crippen molar-refractivity contribution in [3.8, 4) is 11.1 Å². The van der Waals surface area contributed by atoms with Gasteiger partial charge in [0.1, 0.15) is 4.83 Å². The third kappa shape index (κ3) is 2.89. The first-order chi connectivity index (χ1) is 12.1. The molecule has 0 saturated carbocycles. The van der Waals surface area contributed by atoms with Gasteiger partial charge in [-0.2, -0.15) is 0 Å². The van der Waals surface area contributed by atoms with Crippen LogP contribution in [0.25, 0.3) is 21.3 Å². The molecular weight excluding hydrogens is 328 g/mol. The van der Waals surface area contributed by atoms with E-state index in [1.54, 1.807) is 10.9 Å². The summed E-state index contributed by atoms with van der Waals surface area (Å²) >= 11 is 1.52. The second kappa shape index (κ2) is 6.30. The molecular formula is C21H18N2OS. The SMILES string of the molecule is Cc1ccc(-c2csc3ncn(Cc4ccccc4C)c(=O)c23)cc1. The standard InChI is InChI=1S/C21H18N2OS/c1-14-7-9-16(10-8-14)18-12-25-20-19(18)21(24)23(13-22-20)11-17-6-4-3-5-15(17)2/h3-10,12-13H,11H2,1-2H3. The van der Waals surface area contributed by atoms with Gasteiger partial charge in [0.15, 0.2) is 0 Å². The number of hydrogen-bond acceptors (Lipinski definition) is 3. The van der Waals surface area contributed by atoms with Crippen molar-refractivity contribution >= 4 is 21.6 Å². The minimum atomic E-state index is 0.0186. The van der Waals surface area contributed by atoms with Gasteiger partial charge in [0.2, 0.25) is 0 Å². The van der Waals surface area contributed by atoms with Crippen molar-refractivity contribution in [2.75, 3.05) is 0 Å². The predicted octanol–water partition coefficient (Wildman–Crippen LogP) is 4.79. The van der Waals surface area contributed by atoms with E-state index in [4.69, 9.17) is 0 Å². The highest BCUT2D eigenvalue weighted by Crippen LogP contribution is 2.30. The molecule has 0 N–H and O–H groups in total. The van der Waals surface area contributed by atoms with Crippen LogP contribution in [0, 0.1) is 13.8 Å². The molecule has 4 heteroatoms. The maximum absolute atomic E-state index is 13.1. The number of nitrogens with zero attached hydrogens (tertiary/aromatic N) is 2. The van der Waals surface area contributed by atoms with Gasteiger partial charge in [0, 0.05) is 10.9 Å². The van der Waals surface area contributed by atoms with Crippen LogP contribution in [-0.4, -0.2) is 9.55 Å². The molecule has 0 aliphatic carbocycles. The van der Waals surface area contributed by atoms with Gasteiger partial charge in [-0.25, -0.2) is 4.98 Å². The number of fused-ring (bicyclic) bond motifs is 1. The lowest BCUT2D eigenvalue weighted by atomic mass is 10.0. The van der Waals surface area contributed by atoms with Crippen molar-refractivity contribution in [3.63, 3.8) is 0 Å². The summed E-state index contributed by atoms with van der Waals surface area (Å²) in [5, 5.41) is 2.74. The second-order valence-electron chi connectivity index (χ2n) is 6.30. The van der Waals surface area contributed by atoms with Gasteiger partial charge in [0.25, 0.3) is 5.56 Å². The fourth-order valence-electron chi connectivity index (χ4n) is 3.00. The van der Waals surface area contributed by atoms with E-state index in [9.17, 15) is 4.79 Å². The molecule has 0 unspecified atom stereocenters. The highest BCUT2D eigenvalue weighted by molar-refractivity contribution is 7.17. The fourth-order valence-corrected chi connectivity index (χ4v) is 3.90. The van der Waals surface area contributed by atoms with E-state index in [1.807, 2.05) is 17.5 Å². The van der Waals surface area contributed by atoms with Gasteiger partial charge < -0.3 is 0 Å². The van der Waals surface area contributed by atoms with Gasteiger partial charge in [-0.15, -0.1) is 11.3 Å². The lowest BCUT2D eigenvalue weighted by Crippen LogP contribution is -2.21. The van der Waals surface area contributed by atoms with Crippen LogP contribution in [0.2, 0.25) is 0 Å². The van der Waals surface area contributed by atoms with Crippen molar-refractivity contribution in [3.05, 3.63) is 87.3 Å². The van der Waals surface area contributed by atoms with Gasteiger partial charge in [-0.1, -0.05) is 54.1 Å². The molecule has 0 bridgehead atoms. The minimum absolute atomic E-state index is 0.0186. The molecule has 0 aliphatic rings. The number of hydrogen-bond donors (Lipinski definition) is 0. The molecule has 25 heavy (non-hydrogen) atoms. The first-order valence-electron chi connectivity index (χ1n) is 8.21. The summed E-state index contributed by atoms with van der Waals surface area (Å²) in [6.45, 7) is 4.67. The fraction of sp³-hybridized carbons (Fsp3) is 0.143. The Morgan fingerprint density at radius 2 is 1.80 bits per heavy atom. The third-order valence-electron chi connectivity index (χ3n) is 4.53. The molecule has 0 saturated heterocycles. The van der Waals surface area contributed by atoms with Crippen LogP contribution in [0.4, 0.5) is 0 Å². The van der Waals surface area contributed by atoms with E-state index in [2.05, 4.69) is 55.2 Å². The Hall–Kier alpha value is -2.72. The quantitative estimate of drug-likeness (QED) is 0.534. The smallest absolute Gasteiger partial charge is 0.263 e. The lowest BCUT2D eigenvalue weighted by Gasteiger charge is -2.09. The van der Waals surface area contributed by atoms with E-state index < -0.39 is 0 Å². The van der Waals surface area contributed by atoms with Gasteiger partial charge in [0.05, 0.1) is 18.3 Å². The lowest BCUT2D eigenvalue weighted by molar-refractivity contribution is 0.745. The first kappa shape index (κ1) is 15.8. The molecule has 2 aromatic carbocycles. The second-order valence-corrected chi connectivity index (χ2v) is 7.16. The Balaban J connectivity index is 1.85. The average molecular weight is 346 g/mol. The summed E-state index contributed by atoms with van der Waals surface area (Å²) in [7, 11) is 0. The molecule has 0 spiro atoms. The summed E-state index contributed by atoms with van der Waals surface area (Å²) in [5.41, 5.74) is 5.57. The predicted molar refractivity (Wildman–Crippen MR) is 104 cm³/mol. The summed E-state index contributed by atoms with van der Waals surface area (Å²) in [6, 6.07) is 16.4. The number of thiophene rings is 1. The van der Waals surface area contributed by atoms with E-state index in [0.29, 0.717) is 11.9 Å². The van der Waals surface area contributed by atoms with Crippen molar-refractivity contribution < 1.29 is 0 Å². The van der Waals surface area contributed by atoms with Crippen LogP contribution >= 0.6 is 11.3 Å². The number of benzene rings is 2. The molecule has 2 aromatic heterocycles. The zero-order valence-corrected chi connectivity index (χ0v) is 15.0. The Kier molecular flexibility index (Phi) is 3.98. The molecule has 0 amide bonds. The Bertz CT molecular complexity index is 1110. The normalized spacial score (nSPS) is 11.1. The third-order valence-corrected chi connectivity index (χ3v) is 5.41. The molecule has 124 valence electrons. The van der Waals surface area contributed by atoms with Crippen molar-refractivity contribution in [1.82, 2.24) is 9.55 Å². The Labute approximate surface area is 150 Å². The van der Waals surface area contributed by atoms with Crippen molar-refractivity contribution in [2.24, 2.45) is 0 Å². The van der Waals surface area contributed by atoms with Crippen LogP contribution in [0.1, 0.15) is 16.7 Å². The monoisotopic (exact) mass is 346 g/mol. The zero-order valence-electron chi connectivity index (χ0n) is 14.2. The number of rotatable bonds is 3. The van der Waals surface area contributed by atoms with Crippen molar-refractivity contribution in [2.45, 2.75) is 20.4 Å². The highest BCUT2D eigenvalue weighted by atomic mass is 32.1. The molecule has 0 radical (unpaired) electrons. The highest BCUT2D eigenvalue weighted by Gasteiger charge is 2.13. The molecule has 0 fully saturated rings. The minimum Gasteiger partial charge on any atom is -0.294 e. The van der Waals surface area contributed by atoms with E-state index >= 15 is 0 Å². The Morgan fingerprint density at radius 3 is 2.56 bits per heavy atom. The molecule has 0 atom stereocenters. The van der Waals surface area contributed by atoms with Crippen LogP contribution < -0.4 is 5.56 Å². The maximum atomic E-state index is 13.1.